The molecule has 4 fully saturated rings. The number of phosphoric acid groups is 2. The number of esters is 3. The van der Waals surface area contributed by atoms with Gasteiger partial charge in [0.2, 0.25) is 0 Å². The molecule has 0 aromatic heterocycles. The van der Waals surface area contributed by atoms with Crippen LogP contribution in [0.15, 0.2) is 36.5 Å². The number of hydrogen-bond donors (Lipinski definition) is 4. The van der Waals surface area contributed by atoms with E-state index in [1.54, 1.807) is 6.92 Å². The molecule has 4 rings (SSSR count). The molecule has 4 aliphatic rings. The van der Waals surface area contributed by atoms with Gasteiger partial charge in [0.25, 0.3) is 7.73 Å². The Morgan fingerprint density at radius 3 is 1.22 bits per heavy atom. The van der Waals surface area contributed by atoms with Gasteiger partial charge in [-0.05, 0) is 32.0 Å². The quantitative estimate of drug-likeness (QED) is 0.0297. The number of nitrogens with zero attached hydrogens (tertiary/aromatic N) is 1. The van der Waals surface area contributed by atoms with Crippen LogP contribution >= 0.6 is 71.0 Å². The standard InChI is InChI=1S/C11H22NO6P.C8H13O6P.C6H10O3.2C2H4ClO3P.C2H4ClO2P.C2H6O2.CH4/c1-10(2)11(13)16-8-9-18-19(14,15)17-7-6-12(3,4)5;1-7(2)8(9)11-3-4-12-15(10)13-5-6-14-15;1-5(2)6(8)9-4-3-7;2*3-7(4)5-1-2-6-7;3-6-4-1-2-5-6;3-1-2-4;/h1,6-9H2,2-5H3;1,3-6H2,2H3;7H,1,3-4H2,2H3;2*1-2H2;1-2H2;3-4H,1-2H2;1H4/p+1. The highest BCUT2D eigenvalue weighted by Crippen LogP contribution is 2.57. The van der Waals surface area contributed by atoms with Gasteiger partial charge in [-0.25, -0.2) is 32.6 Å². The minimum absolute atomic E-state index is 0. The Hall–Kier alpha value is -0.790. The van der Waals surface area contributed by atoms with Crippen molar-refractivity contribution in [2.75, 3.05) is 140 Å². The molecule has 1 atom stereocenters. The van der Waals surface area contributed by atoms with Crippen LogP contribution < -0.4 is 0 Å². The first-order valence-electron chi connectivity index (χ1n) is 19.1. The lowest BCUT2D eigenvalue weighted by Gasteiger charge is -2.23. The summed E-state index contributed by atoms with van der Waals surface area (Å²) in [6.45, 7) is 11.8. The Kier molecular flexibility index (Phi) is 45.2. The first-order valence-corrected chi connectivity index (χ1v) is 29.1. The molecule has 0 aromatic rings. The molecule has 4 aliphatic heterocycles. The van der Waals surface area contributed by atoms with Crippen molar-refractivity contribution in [1.82, 2.24) is 0 Å². The average molecular weight is 1150 g/mol. The predicted molar refractivity (Wildman–Crippen MR) is 251 cm³/mol. The van der Waals surface area contributed by atoms with Crippen LogP contribution in [0.2, 0.25) is 0 Å². The van der Waals surface area contributed by atoms with E-state index in [0.29, 0.717) is 61.8 Å². The number of carbonyl (C=O) groups is 3. The van der Waals surface area contributed by atoms with E-state index in [1.165, 1.54) is 13.8 Å². The van der Waals surface area contributed by atoms with Gasteiger partial charge in [0.15, 0.2) is 0 Å². The molecule has 4 N–H and O–H groups in total. The van der Waals surface area contributed by atoms with Gasteiger partial charge in [-0.1, -0.05) is 27.2 Å². The van der Waals surface area contributed by atoms with Gasteiger partial charge in [0.05, 0.1) is 107 Å². The molecule has 0 aliphatic carbocycles. The molecule has 1 unspecified atom stereocenters. The molecule has 0 spiro atoms. The number of aliphatic hydroxyl groups is 3. The molecule has 404 valence electrons. The van der Waals surface area contributed by atoms with Gasteiger partial charge >= 0.3 is 47.5 Å². The van der Waals surface area contributed by atoms with Gasteiger partial charge in [-0.15, -0.1) is 0 Å². The topological polar surface area (TPSA) is 330 Å². The summed E-state index contributed by atoms with van der Waals surface area (Å²) in [7, 11) is -2.64. The van der Waals surface area contributed by atoms with Crippen LogP contribution in [0.4, 0.5) is 0 Å². The second-order valence-corrected chi connectivity index (χ2v) is 23.2. The molecule has 4 heterocycles. The van der Waals surface area contributed by atoms with E-state index in [1.807, 2.05) is 21.1 Å². The van der Waals surface area contributed by atoms with Gasteiger partial charge in [-0.2, -0.15) is 0 Å². The Balaban J connectivity index is -0.000000371. The number of hydrogen-bond acceptors (Lipinski definition) is 24. The first-order chi connectivity index (χ1) is 31.0. The summed E-state index contributed by atoms with van der Waals surface area (Å²) in [4.78, 5) is 41.7. The summed E-state index contributed by atoms with van der Waals surface area (Å²) in [5.41, 5.74) is 0.907. The Morgan fingerprint density at radius 2 is 0.941 bits per heavy atom. The predicted octanol–water partition coefficient (Wildman–Crippen LogP) is 6.19. The van der Waals surface area contributed by atoms with Crippen LogP contribution in [0.1, 0.15) is 28.2 Å². The molecule has 26 nitrogen and oxygen atoms in total. The SMILES string of the molecule is C.C=C(C)C(=O)OCCO.C=C(C)C(=O)OCCOP(=O)(O)OCC[N+](C)(C)C.C=C(C)C(=O)OCCOP1(=O)OCCO1.ClP1OCCO1.O=P1(Cl)OCCO1.O=P1(Cl)OCCO1.OCCO. The van der Waals surface area contributed by atoms with Crippen LogP contribution in [-0.2, 0) is 96.6 Å². The fraction of sp³-hybridized carbons (Fsp3) is 0.735. The smallest absolute Gasteiger partial charge is 0.460 e. The molecule has 0 saturated carbocycles. The third-order valence-electron chi connectivity index (χ3n) is 5.82. The van der Waals surface area contributed by atoms with Crippen molar-refractivity contribution in [2.45, 2.75) is 28.2 Å². The van der Waals surface area contributed by atoms with Crippen LogP contribution in [0.3, 0.4) is 0 Å². The minimum atomic E-state index is -4.09. The Morgan fingerprint density at radius 1 is 0.603 bits per heavy atom. The maximum Gasteiger partial charge on any atom is 0.475 e. The molecule has 0 amide bonds. The lowest BCUT2D eigenvalue weighted by atomic mass is 10.4. The highest BCUT2D eigenvalue weighted by atomic mass is 35.7. The van der Waals surface area contributed by atoms with Crippen molar-refractivity contribution in [3.8, 4) is 0 Å². The van der Waals surface area contributed by atoms with Crippen molar-refractivity contribution in [3.63, 3.8) is 0 Å². The monoisotopic (exact) mass is 1150 g/mol. The van der Waals surface area contributed by atoms with Crippen molar-refractivity contribution in [1.29, 1.82) is 0 Å². The van der Waals surface area contributed by atoms with E-state index in [2.05, 4.69) is 47.1 Å². The Bertz CT molecular complexity index is 1590. The maximum absolute atomic E-state index is 11.4. The van der Waals surface area contributed by atoms with Crippen molar-refractivity contribution >= 4 is 88.9 Å². The van der Waals surface area contributed by atoms with Crippen molar-refractivity contribution < 1.29 is 121 Å². The Labute approximate surface area is 413 Å². The van der Waals surface area contributed by atoms with Crippen molar-refractivity contribution in [2.24, 2.45) is 0 Å². The van der Waals surface area contributed by atoms with E-state index in [0.717, 1.165) is 0 Å². The van der Waals surface area contributed by atoms with E-state index >= 15 is 0 Å². The number of aliphatic hydroxyl groups excluding tert-OH is 3. The summed E-state index contributed by atoms with van der Waals surface area (Å²) in [5, 5.41) is 23.4. The number of ether oxygens (including phenoxy) is 3. The zero-order chi connectivity index (χ0) is 52.2. The van der Waals surface area contributed by atoms with Crippen LogP contribution in [0.5, 0.6) is 0 Å². The fourth-order valence-electron chi connectivity index (χ4n) is 2.87. The van der Waals surface area contributed by atoms with Gasteiger partial charge in [0.1, 0.15) is 33.0 Å². The number of carbonyl (C=O) groups excluding carboxylic acids is 3. The third-order valence-corrected chi connectivity index (χ3v) is 12.8. The summed E-state index contributed by atoms with van der Waals surface area (Å²) in [6, 6.07) is 0. The highest BCUT2D eigenvalue weighted by Gasteiger charge is 2.32. The van der Waals surface area contributed by atoms with Crippen LogP contribution in [0.25, 0.3) is 0 Å². The van der Waals surface area contributed by atoms with E-state index in [9.17, 15) is 37.5 Å². The number of phosphoric ester groups is 2. The molecule has 0 aromatic carbocycles. The largest absolute Gasteiger partial charge is 0.475 e. The first kappa shape index (κ1) is 73.7. The molecule has 0 radical (unpaired) electrons. The second kappa shape index (κ2) is 41.7. The summed E-state index contributed by atoms with van der Waals surface area (Å²) < 4.78 is 109. The molecule has 0 bridgehead atoms. The van der Waals surface area contributed by atoms with E-state index in [4.69, 9.17) is 85.7 Å². The number of quaternary nitrogens is 1. The number of halogens is 3. The lowest BCUT2D eigenvalue weighted by Crippen LogP contribution is -2.37. The fourth-order valence-corrected chi connectivity index (χ4v) is 7.75. The summed E-state index contributed by atoms with van der Waals surface area (Å²) >= 11 is 15.5. The van der Waals surface area contributed by atoms with Crippen LogP contribution in [-0.4, -0.2) is 183 Å². The van der Waals surface area contributed by atoms with Gasteiger partial charge in [0, 0.05) is 39.2 Å². The zero-order valence-electron chi connectivity index (χ0n) is 38.0. The van der Waals surface area contributed by atoms with Crippen molar-refractivity contribution in [3.05, 3.63) is 36.5 Å². The molecular weight excluding hydrogens is 1080 g/mol. The normalized spacial score (nSPS) is 17.9. The minimum Gasteiger partial charge on any atom is -0.460 e. The van der Waals surface area contributed by atoms with Crippen LogP contribution in [0, 0.1) is 0 Å². The number of rotatable bonds is 18. The lowest BCUT2D eigenvalue weighted by molar-refractivity contribution is -0.870. The molecule has 4 saturated heterocycles. The zero-order valence-corrected chi connectivity index (χ0v) is 44.8. The average Bonchev–Trinajstić information content (AvgIpc) is 4.08. The summed E-state index contributed by atoms with van der Waals surface area (Å²) in [6.07, 6.45) is 0. The maximum atomic E-state index is 11.4. The highest BCUT2D eigenvalue weighted by molar-refractivity contribution is 7.81. The van der Waals surface area contributed by atoms with Gasteiger partial charge < -0.3 is 48.0 Å². The third kappa shape index (κ3) is 48.8. The molecule has 68 heavy (non-hydrogen) atoms. The van der Waals surface area contributed by atoms with Gasteiger partial charge in [-0.3, -0.25) is 40.7 Å². The number of likely N-dealkylation sites (N-methyl/N-ethyl adjacent to an activating group) is 1. The van der Waals surface area contributed by atoms with E-state index < -0.39 is 55.2 Å². The summed E-state index contributed by atoms with van der Waals surface area (Å²) in [5.74, 6) is -1.53. The molecule has 34 heteroatoms. The van der Waals surface area contributed by atoms with E-state index in [-0.39, 0.29) is 85.7 Å². The second-order valence-electron chi connectivity index (χ2n) is 13.1. The molecular formula is C34H68Cl3NO25P5+.